The van der Waals surface area contributed by atoms with Crippen LogP contribution in [0.2, 0.25) is 5.02 Å². The van der Waals surface area contributed by atoms with Crippen LogP contribution in [0, 0.1) is 0 Å². The summed E-state index contributed by atoms with van der Waals surface area (Å²) < 4.78 is 5.09. The molecular formula is C13H21ClIN3O. The lowest BCUT2D eigenvalue weighted by atomic mass is 10.2. The molecule has 0 atom stereocenters. The van der Waals surface area contributed by atoms with E-state index in [1.54, 1.807) is 7.11 Å². The Morgan fingerprint density at radius 1 is 1.47 bits per heavy atom. The van der Waals surface area contributed by atoms with E-state index >= 15 is 0 Å². The van der Waals surface area contributed by atoms with Gasteiger partial charge in [0.1, 0.15) is 5.75 Å². The zero-order valence-corrected chi connectivity index (χ0v) is 14.4. The Bertz CT molecular complexity index is 413. The van der Waals surface area contributed by atoms with Gasteiger partial charge in [-0.3, -0.25) is 0 Å². The summed E-state index contributed by atoms with van der Waals surface area (Å²) in [4.78, 5) is 4.25. The van der Waals surface area contributed by atoms with E-state index in [2.05, 4.69) is 17.2 Å². The van der Waals surface area contributed by atoms with Crippen molar-refractivity contribution in [1.29, 1.82) is 0 Å². The van der Waals surface area contributed by atoms with Crippen molar-refractivity contribution in [3.63, 3.8) is 0 Å². The fourth-order valence-corrected chi connectivity index (χ4v) is 1.71. The lowest BCUT2D eigenvalue weighted by Gasteiger charge is -2.06. The summed E-state index contributed by atoms with van der Waals surface area (Å²) in [6.45, 7) is 3.50. The number of hydrogen-bond donors (Lipinski definition) is 2. The van der Waals surface area contributed by atoms with Gasteiger partial charge in [0.05, 0.1) is 18.7 Å². The number of hydrogen-bond acceptors (Lipinski definition) is 2. The second-order valence-corrected chi connectivity index (χ2v) is 4.36. The van der Waals surface area contributed by atoms with Crippen LogP contribution in [0.4, 0.5) is 0 Å². The average Bonchev–Trinajstić information content (AvgIpc) is 2.37. The highest BCUT2D eigenvalue weighted by Crippen LogP contribution is 2.25. The Kier molecular flexibility index (Phi) is 9.77. The van der Waals surface area contributed by atoms with E-state index in [-0.39, 0.29) is 24.0 Å². The summed E-state index contributed by atoms with van der Waals surface area (Å²) in [5.41, 5.74) is 6.74. The van der Waals surface area contributed by atoms with Crippen LogP contribution in [-0.4, -0.2) is 19.6 Å². The van der Waals surface area contributed by atoms with E-state index in [4.69, 9.17) is 22.1 Å². The number of nitrogens with zero attached hydrogens (tertiary/aromatic N) is 1. The number of aliphatic imine (C=N–C) groups is 1. The Morgan fingerprint density at radius 2 is 2.21 bits per heavy atom. The molecule has 6 heteroatoms. The van der Waals surface area contributed by atoms with Crippen molar-refractivity contribution >= 4 is 41.5 Å². The number of rotatable bonds is 6. The molecule has 108 valence electrons. The molecule has 0 saturated heterocycles. The standard InChI is InChI=1S/C13H20ClN3O.HI/c1-3-4-7-16-13(15)17-9-10-5-6-12(18-2)11(14)8-10;/h5-6,8H,3-4,7,9H2,1-2H3,(H3,15,16,17);1H. The highest BCUT2D eigenvalue weighted by molar-refractivity contribution is 14.0. The maximum atomic E-state index is 6.03. The summed E-state index contributed by atoms with van der Waals surface area (Å²) >= 11 is 6.03. The second-order valence-electron chi connectivity index (χ2n) is 3.95. The van der Waals surface area contributed by atoms with Gasteiger partial charge >= 0.3 is 0 Å². The first-order chi connectivity index (χ1) is 8.67. The van der Waals surface area contributed by atoms with Crippen molar-refractivity contribution in [2.75, 3.05) is 13.7 Å². The fourth-order valence-electron chi connectivity index (χ4n) is 1.43. The van der Waals surface area contributed by atoms with Crippen molar-refractivity contribution in [1.82, 2.24) is 5.32 Å². The van der Waals surface area contributed by atoms with Gasteiger partial charge in [-0.2, -0.15) is 0 Å². The fraction of sp³-hybridized carbons (Fsp3) is 0.462. The molecule has 0 aliphatic rings. The average molecular weight is 398 g/mol. The maximum absolute atomic E-state index is 6.03. The van der Waals surface area contributed by atoms with E-state index in [9.17, 15) is 0 Å². The second kappa shape index (κ2) is 10.1. The highest BCUT2D eigenvalue weighted by Gasteiger charge is 2.01. The van der Waals surface area contributed by atoms with Crippen molar-refractivity contribution in [2.24, 2.45) is 10.7 Å². The van der Waals surface area contributed by atoms with Gasteiger partial charge in [-0.15, -0.1) is 24.0 Å². The largest absolute Gasteiger partial charge is 0.495 e. The number of nitrogens with one attached hydrogen (secondary N) is 1. The van der Waals surface area contributed by atoms with Gasteiger partial charge in [0.25, 0.3) is 0 Å². The number of methoxy groups -OCH3 is 1. The molecule has 4 nitrogen and oxygen atoms in total. The number of guanidine groups is 1. The molecular weight excluding hydrogens is 377 g/mol. The molecule has 0 bridgehead atoms. The Labute approximate surface area is 136 Å². The molecule has 0 aliphatic carbocycles. The normalized spacial score (nSPS) is 10.8. The summed E-state index contributed by atoms with van der Waals surface area (Å²) in [6.07, 6.45) is 2.22. The molecule has 3 N–H and O–H groups in total. The zero-order valence-electron chi connectivity index (χ0n) is 11.3. The summed E-state index contributed by atoms with van der Waals surface area (Å²) in [6, 6.07) is 5.59. The van der Waals surface area contributed by atoms with Crippen LogP contribution in [-0.2, 0) is 6.54 Å². The molecule has 1 aromatic carbocycles. The van der Waals surface area contributed by atoms with Gasteiger partial charge < -0.3 is 15.8 Å². The summed E-state index contributed by atoms with van der Waals surface area (Å²) in [7, 11) is 1.59. The van der Waals surface area contributed by atoms with Crippen molar-refractivity contribution < 1.29 is 4.74 Å². The summed E-state index contributed by atoms with van der Waals surface area (Å²) in [5.74, 6) is 1.13. The predicted octanol–water partition coefficient (Wildman–Crippen LogP) is 3.17. The maximum Gasteiger partial charge on any atom is 0.188 e. The van der Waals surface area contributed by atoms with Gasteiger partial charge in [-0.05, 0) is 24.1 Å². The van der Waals surface area contributed by atoms with Crippen LogP contribution < -0.4 is 15.8 Å². The SMILES string of the molecule is CCCCNC(N)=NCc1ccc(OC)c(Cl)c1.I. The first kappa shape index (κ1) is 18.3. The van der Waals surface area contributed by atoms with Gasteiger partial charge in [-0.1, -0.05) is 31.0 Å². The molecule has 0 spiro atoms. The Balaban J connectivity index is 0.00000324. The van der Waals surface area contributed by atoms with Gasteiger partial charge in [-0.25, -0.2) is 4.99 Å². The third-order valence-electron chi connectivity index (χ3n) is 2.48. The molecule has 0 amide bonds. The van der Waals surface area contributed by atoms with Crippen LogP contribution in [0.15, 0.2) is 23.2 Å². The number of nitrogens with two attached hydrogens (primary N) is 1. The van der Waals surface area contributed by atoms with E-state index < -0.39 is 0 Å². The third kappa shape index (κ3) is 6.87. The molecule has 0 radical (unpaired) electrons. The van der Waals surface area contributed by atoms with E-state index in [0.29, 0.717) is 23.3 Å². The summed E-state index contributed by atoms with van der Waals surface area (Å²) in [5, 5.41) is 3.65. The van der Waals surface area contributed by atoms with E-state index in [1.807, 2.05) is 18.2 Å². The molecule has 0 saturated carbocycles. The monoisotopic (exact) mass is 397 g/mol. The van der Waals surface area contributed by atoms with Crippen molar-refractivity contribution in [2.45, 2.75) is 26.3 Å². The molecule has 0 fully saturated rings. The molecule has 0 unspecified atom stereocenters. The molecule has 0 heterocycles. The minimum Gasteiger partial charge on any atom is -0.495 e. The predicted molar refractivity (Wildman–Crippen MR) is 91.7 cm³/mol. The molecule has 1 rings (SSSR count). The molecule has 0 aliphatic heterocycles. The van der Waals surface area contributed by atoms with Crippen molar-refractivity contribution in [3.05, 3.63) is 28.8 Å². The minimum atomic E-state index is 0. The first-order valence-electron chi connectivity index (χ1n) is 6.03. The molecule has 1 aromatic rings. The quantitative estimate of drug-likeness (QED) is 0.335. The van der Waals surface area contributed by atoms with Gasteiger partial charge in [0.15, 0.2) is 5.96 Å². The van der Waals surface area contributed by atoms with Crippen LogP contribution in [0.1, 0.15) is 25.3 Å². The topological polar surface area (TPSA) is 59.6 Å². The molecule has 19 heavy (non-hydrogen) atoms. The minimum absolute atomic E-state index is 0. The highest BCUT2D eigenvalue weighted by atomic mass is 127. The smallest absolute Gasteiger partial charge is 0.188 e. The van der Waals surface area contributed by atoms with Gasteiger partial charge in [0.2, 0.25) is 0 Å². The third-order valence-corrected chi connectivity index (χ3v) is 2.78. The number of benzene rings is 1. The zero-order chi connectivity index (χ0) is 13.4. The Morgan fingerprint density at radius 3 is 2.79 bits per heavy atom. The number of halogens is 2. The van der Waals surface area contributed by atoms with Crippen LogP contribution >= 0.6 is 35.6 Å². The number of unbranched alkanes of at least 4 members (excludes halogenated alkanes) is 1. The molecule has 0 aromatic heterocycles. The Hall–Kier alpha value is -0.690. The first-order valence-corrected chi connectivity index (χ1v) is 6.41. The lowest BCUT2D eigenvalue weighted by Crippen LogP contribution is -2.32. The van der Waals surface area contributed by atoms with E-state index in [0.717, 1.165) is 24.9 Å². The van der Waals surface area contributed by atoms with Crippen LogP contribution in [0.5, 0.6) is 5.75 Å². The van der Waals surface area contributed by atoms with Crippen molar-refractivity contribution in [3.8, 4) is 5.75 Å². The lowest BCUT2D eigenvalue weighted by molar-refractivity contribution is 0.415. The van der Waals surface area contributed by atoms with Crippen LogP contribution in [0.3, 0.4) is 0 Å². The van der Waals surface area contributed by atoms with E-state index in [1.165, 1.54) is 0 Å². The van der Waals surface area contributed by atoms with Crippen LogP contribution in [0.25, 0.3) is 0 Å². The van der Waals surface area contributed by atoms with Gasteiger partial charge in [0, 0.05) is 6.54 Å². The number of ether oxygens (including phenoxy) is 1.